The van der Waals surface area contributed by atoms with E-state index in [1.807, 2.05) is 12.1 Å². The molecule has 6 heteroatoms. The van der Waals surface area contributed by atoms with Gasteiger partial charge in [-0.3, -0.25) is 9.69 Å². The summed E-state index contributed by atoms with van der Waals surface area (Å²) in [6.45, 7) is 1.48. The highest BCUT2D eigenvalue weighted by Gasteiger charge is 2.12. The number of rotatable bonds is 7. The number of aliphatic carboxylic acids is 1. The number of halogens is 2. The molecular weight excluding hydrogens is 321 g/mol. The number of carboxylic acids is 1. The molecule has 0 fully saturated rings. The summed E-state index contributed by atoms with van der Waals surface area (Å²) in [5.74, 6) is -0.864. The lowest BCUT2D eigenvalue weighted by atomic mass is 10.2. The Balaban J connectivity index is 2.74. The fourth-order valence-electron chi connectivity index (χ4n) is 1.53. The molecule has 0 heterocycles. The number of benzene rings is 1. The van der Waals surface area contributed by atoms with Crippen molar-refractivity contribution in [2.24, 2.45) is 0 Å². The van der Waals surface area contributed by atoms with Crippen LogP contribution in [0.3, 0.4) is 0 Å². The molecule has 1 N–H and O–H groups in total. The van der Waals surface area contributed by atoms with Crippen LogP contribution in [0.5, 0.6) is 0 Å². The molecule has 100 valence electrons. The van der Waals surface area contributed by atoms with Crippen molar-refractivity contribution >= 4 is 33.5 Å². The summed E-state index contributed by atoms with van der Waals surface area (Å²) >= 11 is 9.46. The van der Waals surface area contributed by atoms with E-state index in [1.54, 1.807) is 18.1 Å². The van der Waals surface area contributed by atoms with Crippen molar-refractivity contribution in [1.29, 1.82) is 0 Å². The van der Waals surface area contributed by atoms with Crippen molar-refractivity contribution in [2.45, 2.75) is 6.54 Å². The highest BCUT2D eigenvalue weighted by molar-refractivity contribution is 9.10. The fourth-order valence-corrected chi connectivity index (χ4v) is 2.12. The number of hydrogen-bond donors (Lipinski definition) is 1. The minimum atomic E-state index is -0.864. The summed E-state index contributed by atoms with van der Waals surface area (Å²) in [6.07, 6.45) is 0. The number of carboxylic acid groups (broad SMARTS) is 1. The first-order valence-corrected chi connectivity index (χ1v) is 6.57. The predicted molar refractivity (Wildman–Crippen MR) is 73.9 cm³/mol. The number of carbonyl (C=O) groups is 1. The zero-order valence-electron chi connectivity index (χ0n) is 10.0. The molecule has 0 atom stereocenters. The SMILES string of the molecule is COCCN(CC(=O)O)Cc1cc(Br)ccc1Cl. The van der Waals surface area contributed by atoms with Gasteiger partial charge in [0.25, 0.3) is 0 Å². The first kappa shape index (κ1) is 15.4. The molecule has 1 rings (SSSR count). The Labute approximate surface area is 120 Å². The molecule has 0 amide bonds. The zero-order valence-corrected chi connectivity index (χ0v) is 12.4. The highest BCUT2D eigenvalue weighted by atomic mass is 79.9. The lowest BCUT2D eigenvalue weighted by molar-refractivity contribution is -0.138. The third-order valence-electron chi connectivity index (χ3n) is 2.37. The largest absolute Gasteiger partial charge is 0.480 e. The Hall–Kier alpha value is -0.620. The number of methoxy groups -OCH3 is 1. The average molecular weight is 337 g/mol. The molecule has 0 unspecified atom stereocenters. The van der Waals surface area contributed by atoms with Gasteiger partial charge in [0.1, 0.15) is 0 Å². The van der Waals surface area contributed by atoms with Gasteiger partial charge in [-0.15, -0.1) is 0 Å². The van der Waals surface area contributed by atoms with Crippen LogP contribution < -0.4 is 0 Å². The van der Waals surface area contributed by atoms with Gasteiger partial charge >= 0.3 is 5.97 Å². The molecular formula is C12H15BrClNO3. The molecule has 0 aliphatic heterocycles. The van der Waals surface area contributed by atoms with Crippen LogP contribution in [0.25, 0.3) is 0 Å². The quantitative estimate of drug-likeness (QED) is 0.831. The van der Waals surface area contributed by atoms with E-state index in [0.29, 0.717) is 24.7 Å². The maximum atomic E-state index is 10.8. The third kappa shape index (κ3) is 5.35. The average Bonchev–Trinajstić information content (AvgIpc) is 2.30. The molecule has 0 radical (unpaired) electrons. The van der Waals surface area contributed by atoms with Crippen LogP contribution in [-0.2, 0) is 16.1 Å². The van der Waals surface area contributed by atoms with E-state index >= 15 is 0 Å². The van der Waals surface area contributed by atoms with Gasteiger partial charge in [-0.1, -0.05) is 27.5 Å². The Morgan fingerprint density at radius 3 is 2.89 bits per heavy atom. The van der Waals surface area contributed by atoms with Gasteiger partial charge in [0.2, 0.25) is 0 Å². The minimum Gasteiger partial charge on any atom is -0.480 e. The Morgan fingerprint density at radius 1 is 1.56 bits per heavy atom. The monoisotopic (exact) mass is 335 g/mol. The van der Waals surface area contributed by atoms with Crippen LogP contribution in [0.1, 0.15) is 5.56 Å². The zero-order chi connectivity index (χ0) is 13.5. The van der Waals surface area contributed by atoms with E-state index in [-0.39, 0.29) is 6.54 Å². The van der Waals surface area contributed by atoms with E-state index in [9.17, 15) is 4.79 Å². The van der Waals surface area contributed by atoms with Crippen molar-refractivity contribution in [3.8, 4) is 0 Å². The summed E-state index contributed by atoms with van der Waals surface area (Å²) in [5, 5.41) is 9.49. The predicted octanol–water partition coefficient (Wildman–Crippen LogP) is 2.64. The van der Waals surface area contributed by atoms with Crippen LogP contribution in [0.2, 0.25) is 5.02 Å². The lowest BCUT2D eigenvalue weighted by Gasteiger charge is -2.20. The van der Waals surface area contributed by atoms with Crippen LogP contribution in [0.15, 0.2) is 22.7 Å². The van der Waals surface area contributed by atoms with Gasteiger partial charge in [-0.2, -0.15) is 0 Å². The molecule has 0 saturated heterocycles. The highest BCUT2D eigenvalue weighted by Crippen LogP contribution is 2.22. The summed E-state index contributed by atoms with van der Waals surface area (Å²) in [4.78, 5) is 12.6. The molecule has 0 saturated carbocycles. The minimum absolute atomic E-state index is 0.0355. The molecule has 1 aromatic rings. The summed E-state index contributed by atoms with van der Waals surface area (Å²) in [6, 6.07) is 5.53. The van der Waals surface area contributed by atoms with E-state index in [0.717, 1.165) is 10.0 Å². The van der Waals surface area contributed by atoms with Crippen molar-refractivity contribution in [3.05, 3.63) is 33.3 Å². The molecule has 0 aliphatic rings. The van der Waals surface area contributed by atoms with Gasteiger partial charge in [-0.05, 0) is 23.8 Å². The maximum absolute atomic E-state index is 10.8. The molecule has 0 aromatic heterocycles. The summed E-state index contributed by atoms with van der Waals surface area (Å²) in [5.41, 5.74) is 0.892. The second-order valence-electron chi connectivity index (χ2n) is 3.83. The van der Waals surface area contributed by atoms with E-state index < -0.39 is 5.97 Å². The molecule has 1 aromatic carbocycles. The van der Waals surface area contributed by atoms with Gasteiger partial charge in [0.05, 0.1) is 13.2 Å². The van der Waals surface area contributed by atoms with Crippen molar-refractivity contribution in [3.63, 3.8) is 0 Å². The standard InChI is InChI=1S/C12H15BrClNO3/c1-18-5-4-15(8-12(16)17)7-9-6-10(13)2-3-11(9)14/h2-3,6H,4-5,7-8H2,1H3,(H,16,17). The van der Waals surface area contributed by atoms with Gasteiger partial charge in [0.15, 0.2) is 0 Å². The Kier molecular flexibility index (Phi) is 6.63. The topological polar surface area (TPSA) is 49.8 Å². The Morgan fingerprint density at radius 2 is 2.28 bits per heavy atom. The fraction of sp³-hybridized carbons (Fsp3) is 0.417. The smallest absolute Gasteiger partial charge is 0.317 e. The molecule has 0 aliphatic carbocycles. The van der Waals surface area contributed by atoms with E-state index in [4.69, 9.17) is 21.4 Å². The van der Waals surface area contributed by atoms with Gasteiger partial charge in [-0.25, -0.2) is 0 Å². The third-order valence-corrected chi connectivity index (χ3v) is 3.23. The van der Waals surface area contributed by atoms with Crippen molar-refractivity contribution in [2.75, 3.05) is 26.8 Å². The Bertz CT molecular complexity index is 414. The second-order valence-corrected chi connectivity index (χ2v) is 5.16. The maximum Gasteiger partial charge on any atom is 0.317 e. The van der Waals surface area contributed by atoms with Gasteiger partial charge < -0.3 is 9.84 Å². The van der Waals surface area contributed by atoms with E-state index in [1.165, 1.54) is 0 Å². The van der Waals surface area contributed by atoms with Crippen LogP contribution in [0, 0.1) is 0 Å². The molecule has 4 nitrogen and oxygen atoms in total. The van der Waals surface area contributed by atoms with Gasteiger partial charge in [0, 0.05) is 29.7 Å². The summed E-state index contributed by atoms with van der Waals surface area (Å²) < 4.78 is 5.89. The first-order chi connectivity index (χ1) is 8.52. The number of ether oxygens (including phenoxy) is 1. The molecule has 0 bridgehead atoms. The first-order valence-electron chi connectivity index (χ1n) is 5.40. The van der Waals surface area contributed by atoms with Crippen molar-refractivity contribution in [1.82, 2.24) is 4.90 Å². The molecule has 0 spiro atoms. The van der Waals surface area contributed by atoms with Crippen LogP contribution >= 0.6 is 27.5 Å². The van der Waals surface area contributed by atoms with Crippen LogP contribution in [0.4, 0.5) is 0 Å². The second kappa shape index (κ2) is 7.74. The molecule has 18 heavy (non-hydrogen) atoms. The number of nitrogens with zero attached hydrogens (tertiary/aromatic N) is 1. The normalized spacial score (nSPS) is 10.9. The van der Waals surface area contributed by atoms with Crippen LogP contribution in [-0.4, -0.2) is 42.8 Å². The summed E-state index contributed by atoms with van der Waals surface area (Å²) in [7, 11) is 1.59. The lowest BCUT2D eigenvalue weighted by Crippen LogP contribution is -2.32. The number of hydrogen-bond acceptors (Lipinski definition) is 3. The van der Waals surface area contributed by atoms with Crippen molar-refractivity contribution < 1.29 is 14.6 Å². The van der Waals surface area contributed by atoms with E-state index in [2.05, 4.69) is 15.9 Å².